The van der Waals surface area contributed by atoms with Gasteiger partial charge in [0, 0.05) is 38.6 Å². The summed E-state index contributed by atoms with van der Waals surface area (Å²) >= 11 is 0. The monoisotopic (exact) mass is 338 g/mol. The predicted molar refractivity (Wildman–Crippen MR) is 90.8 cm³/mol. The summed E-state index contributed by atoms with van der Waals surface area (Å²) in [6.45, 7) is 5.17. The minimum Gasteiger partial charge on any atom is -0.340 e. The first-order valence-corrected chi connectivity index (χ1v) is 10.2. The van der Waals surface area contributed by atoms with Gasteiger partial charge in [0.2, 0.25) is 16.0 Å². The molecule has 0 amide bonds. The normalized spacial score (nSPS) is 22.4. The quantitative estimate of drug-likeness (QED) is 0.839. The van der Waals surface area contributed by atoms with Gasteiger partial charge in [0.25, 0.3) is 0 Å². The van der Waals surface area contributed by atoms with Gasteiger partial charge in [-0.05, 0) is 43.6 Å². The van der Waals surface area contributed by atoms with Crippen molar-refractivity contribution in [3.8, 4) is 0 Å². The fourth-order valence-electron chi connectivity index (χ4n) is 3.87. The van der Waals surface area contributed by atoms with Gasteiger partial charge < -0.3 is 4.90 Å². The Kier molecular flexibility index (Phi) is 4.87. The zero-order valence-corrected chi connectivity index (χ0v) is 14.6. The van der Waals surface area contributed by atoms with Crippen LogP contribution in [-0.2, 0) is 10.0 Å². The van der Waals surface area contributed by atoms with Gasteiger partial charge in [-0.3, -0.25) is 0 Å². The molecule has 0 radical (unpaired) electrons. The Labute approximate surface area is 139 Å². The van der Waals surface area contributed by atoms with Gasteiger partial charge in [-0.1, -0.05) is 6.92 Å². The number of nitrogens with zero attached hydrogens (tertiary/aromatic N) is 4. The molecule has 3 rings (SSSR count). The van der Waals surface area contributed by atoms with Crippen LogP contribution in [0.3, 0.4) is 0 Å². The molecule has 1 aromatic rings. The molecule has 0 aromatic carbocycles. The van der Waals surface area contributed by atoms with E-state index in [2.05, 4.69) is 14.9 Å². The summed E-state index contributed by atoms with van der Waals surface area (Å²) in [5.74, 6) is 1.07. The fourth-order valence-corrected chi connectivity index (χ4v) is 5.38. The molecule has 3 heterocycles. The SMILES string of the molecule is CCCS(=O)(=O)N1CCC2(CCCN(c3ncccn3)C2)CC1. The first kappa shape index (κ1) is 16.6. The van der Waals surface area contributed by atoms with Crippen LogP contribution in [0.25, 0.3) is 0 Å². The molecule has 1 aromatic heterocycles. The number of anilines is 1. The van der Waals surface area contributed by atoms with Gasteiger partial charge >= 0.3 is 0 Å². The Morgan fingerprint density at radius 2 is 1.83 bits per heavy atom. The lowest BCUT2D eigenvalue weighted by molar-refractivity contribution is 0.128. The third-order valence-corrected chi connectivity index (χ3v) is 7.21. The standard InChI is InChI=1S/C16H26N4O2S/c1-2-13-23(21,22)20-11-6-16(7-12-20)5-3-10-19(14-16)15-17-8-4-9-18-15/h4,8-9H,2-3,5-7,10-14H2,1H3. The van der Waals surface area contributed by atoms with Gasteiger partial charge in [0.15, 0.2) is 0 Å². The highest BCUT2D eigenvalue weighted by molar-refractivity contribution is 7.89. The molecule has 1 spiro atoms. The highest BCUT2D eigenvalue weighted by Crippen LogP contribution is 2.41. The van der Waals surface area contributed by atoms with Crippen LogP contribution in [0.1, 0.15) is 39.0 Å². The zero-order valence-electron chi connectivity index (χ0n) is 13.8. The van der Waals surface area contributed by atoms with Crippen LogP contribution in [0.2, 0.25) is 0 Å². The molecule has 0 aliphatic carbocycles. The summed E-state index contributed by atoms with van der Waals surface area (Å²) < 4.78 is 26.2. The Morgan fingerprint density at radius 3 is 2.48 bits per heavy atom. The van der Waals surface area contributed by atoms with Crippen molar-refractivity contribution in [2.24, 2.45) is 5.41 Å². The lowest BCUT2D eigenvalue weighted by Crippen LogP contribution is -2.51. The second-order valence-electron chi connectivity index (χ2n) is 6.79. The smallest absolute Gasteiger partial charge is 0.225 e. The highest BCUT2D eigenvalue weighted by Gasteiger charge is 2.41. The van der Waals surface area contributed by atoms with Gasteiger partial charge in [-0.15, -0.1) is 0 Å². The van der Waals surface area contributed by atoms with Crippen molar-refractivity contribution >= 4 is 16.0 Å². The Morgan fingerprint density at radius 1 is 1.13 bits per heavy atom. The fraction of sp³-hybridized carbons (Fsp3) is 0.750. The molecule has 2 saturated heterocycles. The molecule has 0 N–H and O–H groups in total. The maximum absolute atomic E-state index is 12.2. The maximum atomic E-state index is 12.2. The molecule has 7 heteroatoms. The van der Waals surface area contributed by atoms with Crippen molar-refractivity contribution in [2.45, 2.75) is 39.0 Å². The van der Waals surface area contributed by atoms with Gasteiger partial charge in [-0.25, -0.2) is 22.7 Å². The molecule has 2 aliphatic rings. The van der Waals surface area contributed by atoms with E-state index in [1.54, 1.807) is 16.7 Å². The van der Waals surface area contributed by atoms with Crippen molar-refractivity contribution in [3.05, 3.63) is 18.5 Å². The number of piperidine rings is 2. The molecule has 23 heavy (non-hydrogen) atoms. The van der Waals surface area contributed by atoms with E-state index in [4.69, 9.17) is 0 Å². The van der Waals surface area contributed by atoms with Crippen molar-refractivity contribution < 1.29 is 8.42 Å². The van der Waals surface area contributed by atoms with Crippen molar-refractivity contribution in [3.63, 3.8) is 0 Å². The highest BCUT2D eigenvalue weighted by atomic mass is 32.2. The Bertz CT molecular complexity index is 612. The van der Waals surface area contributed by atoms with Gasteiger partial charge in [0.05, 0.1) is 5.75 Å². The summed E-state index contributed by atoms with van der Waals surface area (Å²) in [7, 11) is -3.06. The summed E-state index contributed by atoms with van der Waals surface area (Å²) in [6, 6.07) is 1.83. The molecule has 2 aliphatic heterocycles. The first-order chi connectivity index (χ1) is 11.0. The number of hydrogen-bond donors (Lipinski definition) is 0. The minimum absolute atomic E-state index is 0.218. The summed E-state index contributed by atoms with van der Waals surface area (Å²) in [4.78, 5) is 11.0. The predicted octanol–water partition coefficient (Wildman–Crippen LogP) is 1.90. The molecule has 0 saturated carbocycles. The molecular weight excluding hydrogens is 312 g/mol. The number of hydrogen-bond acceptors (Lipinski definition) is 5. The number of rotatable bonds is 4. The molecule has 0 bridgehead atoms. The number of sulfonamides is 1. The van der Waals surface area contributed by atoms with Crippen LogP contribution in [0.5, 0.6) is 0 Å². The molecule has 0 unspecified atom stereocenters. The molecular formula is C16H26N4O2S. The van der Waals surface area contributed by atoms with Gasteiger partial charge in [-0.2, -0.15) is 0 Å². The Balaban J connectivity index is 1.65. The minimum atomic E-state index is -3.06. The molecule has 2 fully saturated rings. The van der Waals surface area contributed by atoms with Crippen LogP contribution < -0.4 is 4.90 Å². The topological polar surface area (TPSA) is 66.4 Å². The third-order valence-electron chi connectivity index (χ3n) is 5.13. The zero-order chi connectivity index (χ0) is 16.3. The van der Waals surface area contributed by atoms with E-state index in [9.17, 15) is 8.42 Å². The first-order valence-electron chi connectivity index (χ1n) is 8.54. The van der Waals surface area contributed by atoms with Crippen LogP contribution >= 0.6 is 0 Å². The van der Waals surface area contributed by atoms with Crippen LogP contribution in [0.4, 0.5) is 5.95 Å². The third kappa shape index (κ3) is 3.66. The summed E-state index contributed by atoms with van der Waals surface area (Å²) in [5, 5.41) is 0. The average molecular weight is 338 g/mol. The van der Waals surface area contributed by atoms with E-state index in [0.717, 1.165) is 38.3 Å². The Hall–Kier alpha value is -1.21. The lowest BCUT2D eigenvalue weighted by Gasteiger charge is -2.47. The van der Waals surface area contributed by atoms with Crippen LogP contribution in [0.15, 0.2) is 18.5 Å². The molecule has 6 nitrogen and oxygen atoms in total. The summed E-state index contributed by atoms with van der Waals surface area (Å²) in [5.41, 5.74) is 0.218. The van der Waals surface area contributed by atoms with E-state index in [1.165, 1.54) is 6.42 Å². The van der Waals surface area contributed by atoms with E-state index in [-0.39, 0.29) is 11.2 Å². The van der Waals surface area contributed by atoms with Crippen molar-refractivity contribution in [1.29, 1.82) is 0 Å². The second-order valence-corrected chi connectivity index (χ2v) is 8.88. The van der Waals surface area contributed by atoms with Gasteiger partial charge in [0.1, 0.15) is 0 Å². The largest absolute Gasteiger partial charge is 0.340 e. The number of aromatic nitrogens is 2. The summed E-state index contributed by atoms with van der Waals surface area (Å²) in [6.07, 6.45) is 8.44. The van der Waals surface area contributed by atoms with Crippen LogP contribution in [-0.4, -0.2) is 54.6 Å². The average Bonchev–Trinajstić information content (AvgIpc) is 2.56. The maximum Gasteiger partial charge on any atom is 0.225 e. The second kappa shape index (κ2) is 6.73. The van der Waals surface area contributed by atoms with E-state index < -0.39 is 10.0 Å². The molecule has 0 atom stereocenters. The van der Waals surface area contributed by atoms with E-state index >= 15 is 0 Å². The molecule has 128 valence electrons. The van der Waals surface area contributed by atoms with E-state index in [1.807, 2.05) is 13.0 Å². The van der Waals surface area contributed by atoms with E-state index in [0.29, 0.717) is 19.5 Å². The van der Waals surface area contributed by atoms with Crippen molar-refractivity contribution in [2.75, 3.05) is 36.8 Å². The van der Waals surface area contributed by atoms with Crippen molar-refractivity contribution in [1.82, 2.24) is 14.3 Å². The lowest BCUT2D eigenvalue weighted by atomic mass is 9.73. The van der Waals surface area contributed by atoms with Crippen LogP contribution in [0, 0.1) is 5.41 Å².